The Morgan fingerprint density at radius 2 is 0.800 bits per heavy atom. The molecule has 1 heterocycles. The van der Waals surface area contributed by atoms with Crippen LogP contribution >= 0.6 is 0 Å². The van der Waals surface area contributed by atoms with E-state index in [4.69, 9.17) is 0 Å². The van der Waals surface area contributed by atoms with Crippen molar-refractivity contribution in [1.82, 2.24) is 4.57 Å². The van der Waals surface area contributed by atoms with Gasteiger partial charge in [0, 0.05) is 33.2 Å². The van der Waals surface area contributed by atoms with E-state index in [0.717, 1.165) is 22.7 Å². The molecule has 0 bridgehead atoms. The molecule has 0 fully saturated rings. The molecule has 260 valence electrons. The highest BCUT2D eigenvalue weighted by atomic mass is 15.1. The van der Waals surface area contributed by atoms with Gasteiger partial charge in [0.25, 0.3) is 0 Å². The molecule has 0 saturated heterocycles. The average molecular weight is 703 g/mol. The number of nitrogens with zero attached hydrogens (tertiary/aromatic N) is 2. The van der Waals surface area contributed by atoms with Gasteiger partial charge in [-0.05, 0) is 82.2 Å². The minimum Gasteiger partial charge on any atom is -0.310 e. The fourth-order valence-electron chi connectivity index (χ4n) is 8.71. The Morgan fingerprint density at radius 3 is 1.44 bits per heavy atom. The van der Waals surface area contributed by atoms with Crippen LogP contribution in [-0.4, -0.2) is 4.57 Å². The highest BCUT2D eigenvalue weighted by Gasteiger charge is 2.38. The summed E-state index contributed by atoms with van der Waals surface area (Å²) < 4.78 is 2.38. The van der Waals surface area contributed by atoms with Gasteiger partial charge in [-0.2, -0.15) is 0 Å². The Kier molecular flexibility index (Phi) is 8.08. The first-order valence-corrected chi connectivity index (χ1v) is 18.9. The standard InChI is InChI=1S/C53H38N2/c1-5-20-40(21-6-1)53(41-22-7-2-8-23-41,42-24-9-3-10-25-42)43-32-34-45(35-33-43)54(50-31-17-19-39-18-13-14-28-47(39)50)46-36-37-52-49(38-46)48-29-15-16-30-51(48)55(52)44-26-11-4-12-27-44/h1-38H. The van der Waals surface area contributed by atoms with Gasteiger partial charge in [-0.25, -0.2) is 0 Å². The summed E-state index contributed by atoms with van der Waals surface area (Å²) in [6, 6.07) is 83.7. The number of hydrogen-bond acceptors (Lipinski definition) is 1. The molecule has 9 aromatic carbocycles. The molecule has 0 amide bonds. The predicted molar refractivity (Wildman–Crippen MR) is 231 cm³/mol. The Labute approximate surface area is 321 Å². The van der Waals surface area contributed by atoms with Gasteiger partial charge < -0.3 is 9.47 Å². The lowest BCUT2D eigenvalue weighted by molar-refractivity contribution is 0.745. The van der Waals surface area contributed by atoms with Crippen molar-refractivity contribution in [3.63, 3.8) is 0 Å². The van der Waals surface area contributed by atoms with Crippen LogP contribution in [-0.2, 0) is 5.41 Å². The van der Waals surface area contributed by atoms with Crippen LogP contribution in [0.5, 0.6) is 0 Å². The maximum atomic E-state index is 2.43. The lowest BCUT2D eigenvalue weighted by Crippen LogP contribution is -2.31. The van der Waals surface area contributed by atoms with Crippen LogP contribution < -0.4 is 4.90 Å². The van der Waals surface area contributed by atoms with Gasteiger partial charge in [0.05, 0.1) is 22.1 Å². The van der Waals surface area contributed by atoms with Crippen molar-refractivity contribution >= 4 is 49.6 Å². The molecular formula is C53H38N2. The molecule has 0 aliphatic carbocycles. The number of fused-ring (bicyclic) bond motifs is 4. The summed E-state index contributed by atoms with van der Waals surface area (Å²) in [4.78, 5) is 2.43. The summed E-state index contributed by atoms with van der Waals surface area (Å²) in [6.45, 7) is 0. The first kappa shape index (κ1) is 32.5. The third kappa shape index (κ3) is 5.42. The second kappa shape index (κ2) is 13.7. The molecule has 0 atom stereocenters. The molecule has 0 saturated carbocycles. The fraction of sp³-hybridized carbons (Fsp3) is 0.0189. The Morgan fingerprint density at radius 1 is 0.327 bits per heavy atom. The van der Waals surface area contributed by atoms with E-state index in [0.29, 0.717) is 0 Å². The topological polar surface area (TPSA) is 8.17 Å². The van der Waals surface area contributed by atoms with E-state index in [2.05, 4.69) is 240 Å². The summed E-state index contributed by atoms with van der Waals surface area (Å²) in [7, 11) is 0. The number of para-hydroxylation sites is 2. The fourth-order valence-corrected chi connectivity index (χ4v) is 8.71. The first-order valence-electron chi connectivity index (χ1n) is 18.9. The number of benzene rings is 9. The zero-order valence-corrected chi connectivity index (χ0v) is 30.3. The molecule has 0 unspecified atom stereocenters. The Bertz CT molecular complexity index is 2790. The largest absolute Gasteiger partial charge is 0.310 e. The van der Waals surface area contributed by atoms with E-state index in [1.165, 1.54) is 54.8 Å². The van der Waals surface area contributed by atoms with E-state index < -0.39 is 5.41 Å². The van der Waals surface area contributed by atoms with Crippen molar-refractivity contribution in [2.75, 3.05) is 4.90 Å². The molecule has 1 aromatic heterocycles. The Hall–Kier alpha value is -7.16. The van der Waals surface area contributed by atoms with Gasteiger partial charge in [-0.3, -0.25) is 0 Å². The summed E-state index contributed by atoms with van der Waals surface area (Å²) in [5.74, 6) is 0. The molecule has 0 aliphatic heterocycles. The SMILES string of the molecule is c1ccc(-n2c3ccccc3c3cc(N(c4ccc(C(c5ccccc5)(c5ccccc5)c5ccccc5)cc4)c4cccc5ccccc45)ccc32)cc1. The van der Waals surface area contributed by atoms with Gasteiger partial charge in [0.15, 0.2) is 0 Å². The van der Waals surface area contributed by atoms with Crippen LogP contribution in [0.25, 0.3) is 38.3 Å². The maximum absolute atomic E-state index is 2.43. The van der Waals surface area contributed by atoms with Crippen LogP contribution in [0.1, 0.15) is 22.3 Å². The van der Waals surface area contributed by atoms with Crippen molar-refractivity contribution in [2.45, 2.75) is 5.41 Å². The van der Waals surface area contributed by atoms with Gasteiger partial charge in [0.2, 0.25) is 0 Å². The second-order valence-electron chi connectivity index (χ2n) is 14.1. The minimum absolute atomic E-state index is 0.523. The van der Waals surface area contributed by atoms with Gasteiger partial charge >= 0.3 is 0 Å². The van der Waals surface area contributed by atoms with Crippen LogP contribution in [0.4, 0.5) is 17.1 Å². The molecule has 10 aromatic rings. The predicted octanol–water partition coefficient (Wildman–Crippen LogP) is 13.8. The molecule has 55 heavy (non-hydrogen) atoms. The number of aromatic nitrogens is 1. The highest BCUT2D eigenvalue weighted by Crippen LogP contribution is 2.47. The number of rotatable bonds is 8. The third-order valence-corrected chi connectivity index (χ3v) is 11.1. The minimum atomic E-state index is -0.523. The smallest absolute Gasteiger partial charge is 0.0701 e. The van der Waals surface area contributed by atoms with Crippen molar-refractivity contribution < 1.29 is 0 Å². The van der Waals surface area contributed by atoms with Crippen molar-refractivity contribution in [2.24, 2.45) is 0 Å². The van der Waals surface area contributed by atoms with Crippen molar-refractivity contribution in [1.29, 1.82) is 0 Å². The lowest BCUT2D eigenvalue weighted by atomic mass is 9.65. The molecule has 2 nitrogen and oxygen atoms in total. The van der Waals surface area contributed by atoms with Crippen LogP contribution in [0.15, 0.2) is 231 Å². The summed E-state index contributed by atoms with van der Waals surface area (Å²) in [5.41, 5.74) is 11.2. The van der Waals surface area contributed by atoms with Crippen LogP contribution in [0.2, 0.25) is 0 Å². The van der Waals surface area contributed by atoms with E-state index in [9.17, 15) is 0 Å². The molecular weight excluding hydrogens is 665 g/mol. The number of anilines is 3. The second-order valence-corrected chi connectivity index (χ2v) is 14.1. The molecule has 2 heteroatoms. The van der Waals surface area contributed by atoms with Crippen molar-refractivity contribution in [3.8, 4) is 5.69 Å². The van der Waals surface area contributed by atoms with E-state index in [-0.39, 0.29) is 0 Å². The molecule has 10 rings (SSSR count). The van der Waals surface area contributed by atoms with Crippen molar-refractivity contribution in [3.05, 3.63) is 253 Å². The van der Waals surface area contributed by atoms with E-state index >= 15 is 0 Å². The lowest BCUT2D eigenvalue weighted by Gasteiger charge is -2.37. The van der Waals surface area contributed by atoms with Crippen LogP contribution in [0, 0.1) is 0 Å². The summed E-state index contributed by atoms with van der Waals surface area (Å²) >= 11 is 0. The maximum Gasteiger partial charge on any atom is 0.0701 e. The highest BCUT2D eigenvalue weighted by molar-refractivity contribution is 6.11. The summed E-state index contributed by atoms with van der Waals surface area (Å²) in [5, 5.41) is 4.86. The van der Waals surface area contributed by atoms with E-state index in [1.807, 2.05) is 0 Å². The normalized spacial score (nSPS) is 11.6. The average Bonchev–Trinajstić information content (AvgIpc) is 3.60. The van der Waals surface area contributed by atoms with Gasteiger partial charge in [-0.1, -0.05) is 176 Å². The summed E-state index contributed by atoms with van der Waals surface area (Å²) in [6.07, 6.45) is 0. The van der Waals surface area contributed by atoms with Gasteiger partial charge in [0.1, 0.15) is 0 Å². The van der Waals surface area contributed by atoms with E-state index in [1.54, 1.807) is 0 Å². The van der Waals surface area contributed by atoms with Gasteiger partial charge in [-0.15, -0.1) is 0 Å². The zero-order valence-electron chi connectivity index (χ0n) is 30.3. The first-order chi connectivity index (χ1) is 27.3. The Balaban J connectivity index is 1.20. The zero-order chi connectivity index (χ0) is 36.6. The molecule has 0 spiro atoms. The molecule has 0 aliphatic rings. The number of hydrogen-bond donors (Lipinski definition) is 0. The third-order valence-electron chi connectivity index (χ3n) is 11.1. The quantitative estimate of drug-likeness (QED) is 0.143. The molecule has 0 radical (unpaired) electrons. The monoisotopic (exact) mass is 702 g/mol. The van der Waals surface area contributed by atoms with Crippen LogP contribution in [0.3, 0.4) is 0 Å². The molecule has 0 N–H and O–H groups in total.